The van der Waals surface area contributed by atoms with Crippen LogP contribution in [0.3, 0.4) is 0 Å². The van der Waals surface area contributed by atoms with E-state index in [-0.39, 0.29) is 5.56 Å². The molecule has 0 atom stereocenters. The highest BCUT2D eigenvalue weighted by molar-refractivity contribution is 5.43. The number of halogens is 2. The van der Waals surface area contributed by atoms with Gasteiger partial charge in [0.05, 0.1) is 0 Å². The van der Waals surface area contributed by atoms with Gasteiger partial charge in [-0.3, -0.25) is 0 Å². The molecule has 1 heterocycles. The number of alkyl halides is 2. The average molecular weight is 204 g/mol. The predicted molar refractivity (Wildman–Crippen MR) is 42.3 cm³/mol. The summed E-state index contributed by atoms with van der Waals surface area (Å²) in [5.41, 5.74) is -0.669. The highest BCUT2D eigenvalue weighted by atomic mass is 19.3. The van der Waals surface area contributed by atoms with E-state index in [1.807, 2.05) is 0 Å². The van der Waals surface area contributed by atoms with E-state index in [0.717, 1.165) is 6.07 Å². The lowest BCUT2D eigenvalue weighted by Crippen LogP contribution is -2.00. The van der Waals surface area contributed by atoms with Gasteiger partial charge in [-0.25, -0.2) is 8.78 Å². The molecule has 0 bridgehead atoms. The van der Waals surface area contributed by atoms with Gasteiger partial charge in [0.2, 0.25) is 11.4 Å². The largest absolute Gasteiger partial charge is 0.501 e. The Labute approximate surface area is 77.2 Å². The van der Waals surface area contributed by atoms with Crippen LogP contribution in [0.4, 0.5) is 14.6 Å². The number of pyridine rings is 1. The van der Waals surface area contributed by atoms with Crippen molar-refractivity contribution in [1.82, 2.24) is 4.98 Å². The molecule has 5 nitrogen and oxygen atoms in total. The van der Waals surface area contributed by atoms with Gasteiger partial charge in [-0.05, 0) is 22.9 Å². The third-order valence-corrected chi connectivity index (χ3v) is 1.59. The molecule has 76 valence electrons. The van der Waals surface area contributed by atoms with Crippen LogP contribution >= 0.6 is 0 Å². The highest BCUT2D eigenvalue weighted by Gasteiger charge is 2.25. The zero-order valence-corrected chi connectivity index (χ0v) is 7.07. The molecule has 14 heavy (non-hydrogen) atoms. The van der Waals surface area contributed by atoms with E-state index >= 15 is 0 Å². The van der Waals surface area contributed by atoms with E-state index in [1.165, 1.54) is 6.92 Å². The fourth-order valence-corrected chi connectivity index (χ4v) is 0.958. The van der Waals surface area contributed by atoms with E-state index < -0.39 is 28.6 Å². The molecule has 0 radical (unpaired) electrons. The van der Waals surface area contributed by atoms with Crippen LogP contribution in [0.1, 0.15) is 17.7 Å². The standard InChI is InChI=1S/C7H6F2N2O3/c1-3-2-4(12)7(11(13)14)10-5(3)6(8)9/h2,6,12H,1H3. The molecule has 0 aliphatic carbocycles. The number of aromatic nitrogens is 1. The van der Waals surface area contributed by atoms with Crippen LogP contribution in [-0.2, 0) is 0 Å². The van der Waals surface area contributed by atoms with E-state index in [9.17, 15) is 18.9 Å². The summed E-state index contributed by atoms with van der Waals surface area (Å²) in [4.78, 5) is 12.3. The van der Waals surface area contributed by atoms with Gasteiger partial charge in [-0.2, -0.15) is 0 Å². The number of nitrogens with zero attached hydrogens (tertiary/aromatic N) is 2. The Morgan fingerprint density at radius 2 is 2.21 bits per heavy atom. The molecule has 0 amide bonds. The van der Waals surface area contributed by atoms with Gasteiger partial charge in [0.25, 0.3) is 0 Å². The molecule has 0 unspecified atom stereocenters. The zero-order valence-electron chi connectivity index (χ0n) is 7.07. The number of hydrogen-bond acceptors (Lipinski definition) is 4. The number of hydrogen-bond donors (Lipinski definition) is 1. The molecule has 0 aliphatic rings. The Kier molecular flexibility index (Phi) is 2.59. The molecule has 1 N–H and O–H groups in total. The normalized spacial score (nSPS) is 10.6. The maximum Gasteiger partial charge on any atom is 0.406 e. The van der Waals surface area contributed by atoms with Crippen LogP contribution in [0, 0.1) is 17.0 Å². The molecule has 0 spiro atoms. The van der Waals surface area contributed by atoms with Crippen molar-refractivity contribution in [3.05, 3.63) is 27.4 Å². The molecule has 1 rings (SSSR count). The van der Waals surface area contributed by atoms with E-state index in [1.54, 1.807) is 0 Å². The molecule has 0 saturated heterocycles. The van der Waals surface area contributed by atoms with Crippen LogP contribution < -0.4 is 0 Å². The van der Waals surface area contributed by atoms with Crippen molar-refractivity contribution in [2.24, 2.45) is 0 Å². The summed E-state index contributed by atoms with van der Waals surface area (Å²) in [5.74, 6) is -1.66. The molecule has 7 heteroatoms. The molecule has 1 aromatic rings. The lowest BCUT2D eigenvalue weighted by atomic mass is 10.2. The van der Waals surface area contributed by atoms with Crippen LogP contribution in [0.5, 0.6) is 5.75 Å². The number of rotatable bonds is 2. The topological polar surface area (TPSA) is 76.3 Å². The van der Waals surface area contributed by atoms with Gasteiger partial charge < -0.3 is 15.2 Å². The molecule has 0 saturated carbocycles. The third kappa shape index (κ3) is 1.76. The van der Waals surface area contributed by atoms with E-state index in [2.05, 4.69) is 4.98 Å². The van der Waals surface area contributed by atoms with Gasteiger partial charge in [0.15, 0.2) is 0 Å². The van der Waals surface area contributed by atoms with Crippen molar-refractivity contribution < 1.29 is 18.8 Å². The molecular weight excluding hydrogens is 198 g/mol. The van der Waals surface area contributed by atoms with Gasteiger partial charge >= 0.3 is 12.2 Å². The Bertz CT molecular complexity index is 381. The van der Waals surface area contributed by atoms with Crippen molar-refractivity contribution in [1.29, 1.82) is 0 Å². The number of aromatic hydroxyl groups is 1. The molecule has 1 aromatic heterocycles. The third-order valence-electron chi connectivity index (χ3n) is 1.59. The van der Waals surface area contributed by atoms with Crippen LogP contribution in [0.25, 0.3) is 0 Å². The van der Waals surface area contributed by atoms with Crippen LogP contribution in [-0.4, -0.2) is 15.0 Å². The molecule has 0 fully saturated rings. The average Bonchev–Trinajstić information content (AvgIpc) is 2.02. The van der Waals surface area contributed by atoms with E-state index in [4.69, 9.17) is 5.11 Å². The Morgan fingerprint density at radius 3 is 2.64 bits per heavy atom. The molecule has 0 aliphatic heterocycles. The Balaban J connectivity index is 3.34. The Morgan fingerprint density at radius 1 is 1.64 bits per heavy atom. The van der Waals surface area contributed by atoms with Crippen LogP contribution in [0.2, 0.25) is 0 Å². The Hall–Kier alpha value is -1.79. The first-order chi connectivity index (χ1) is 6.43. The van der Waals surface area contributed by atoms with Gasteiger partial charge in [0, 0.05) is 5.56 Å². The lowest BCUT2D eigenvalue weighted by molar-refractivity contribution is -0.390. The minimum atomic E-state index is -2.89. The highest BCUT2D eigenvalue weighted by Crippen LogP contribution is 2.29. The second-order valence-electron chi connectivity index (χ2n) is 2.59. The first-order valence-corrected chi connectivity index (χ1v) is 3.56. The SMILES string of the molecule is Cc1cc(O)c([N+](=O)[O-])nc1C(F)F. The van der Waals surface area contributed by atoms with Crippen molar-refractivity contribution in [3.8, 4) is 5.75 Å². The van der Waals surface area contributed by atoms with E-state index in [0.29, 0.717) is 0 Å². The predicted octanol–water partition coefficient (Wildman–Crippen LogP) is 1.94. The fourth-order valence-electron chi connectivity index (χ4n) is 0.958. The van der Waals surface area contributed by atoms with Crippen LogP contribution in [0.15, 0.2) is 6.07 Å². The quantitative estimate of drug-likeness (QED) is 0.589. The van der Waals surface area contributed by atoms with Crippen molar-refractivity contribution >= 4 is 5.82 Å². The smallest absolute Gasteiger partial charge is 0.406 e. The van der Waals surface area contributed by atoms with Crippen molar-refractivity contribution in [2.45, 2.75) is 13.3 Å². The fraction of sp³-hybridized carbons (Fsp3) is 0.286. The second-order valence-corrected chi connectivity index (χ2v) is 2.59. The molecule has 0 aromatic carbocycles. The summed E-state index contributed by atoms with van der Waals surface area (Å²) in [6.07, 6.45) is -2.89. The first kappa shape index (κ1) is 10.3. The summed E-state index contributed by atoms with van der Waals surface area (Å²) in [6.45, 7) is 1.29. The number of aryl methyl sites for hydroxylation is 1. The van der Waals surface area contributed by atoms with Crippen molar-refractivity contribution in [2.75, 3.05) is 0 Å². The minimum absolute atomic E-state index is 0.0168. The number of nitro groups is 1. The summed E-state index contributed by atoms with van der Waals surface area (Å²) in [5, 5.41) is 19.3. The van der Waals surface area contributed by atoms with Gasteiger partial charge in [0.1, 0.15) is 0 Å². The zero-order chi connectivity index (χ0) is 10.9. The minimum Gasteiger partial charge on any atom is -0.501 e. The second kappa shape index (κ2) is 3.52. The summed E-state index contributed by atoms with van der Waals surface area (Å²) >= 11 is 0. The summed E-state index contributed by atoms with van der Waals surface area (Å²) in [7, 11) is 0. The van der Waals surface area contributed by atoms with Gasteiger partial charge in [-0.15, -0.1) is 0 Å². The van der Waals surface area contributed by atoms with Crippen molar-refractivity contribution in [3.63, 3.8) is 0 Å². The maximum absolute atomic E-state index is 12.2. The monoisotopic (exact) mass is 204 g/mol. The van der Waals surface area contributed by atoms with Gasteiger partial charge in [-0.1, -0.05) is 0 Å². The lowest BCUT2D eigenvalue weighted by Gasteiger charge is -2.01. The summed E-state index contributed by atoms with van der Waals surface area (Å²) < 4.78 is 24.5. The maximum atomic E-state index is 12.2. The summed E-state index contributed by atoms with van der Waals surface area (Å²) in [6, 6.07) is 0.895. The first-order valence-electron chi connectivity index (χ1n) is 3.56. The molecular formula is C7H6F2N2O3.